The van der Waals surface area contributed by atoms with Crippen molar-refractivity contribution in [3.8, 4) is 0 Å². The molecule has 0 radical (unpaired) electrons. The second-order valence-electron chi connectivity index (χ2n) is 6.79. The molecule has 0 saturated carbocycles. The van der Waals surface area contributed by atoms with E-state index >= 15 is 0 Å². The molecule has 2 aromatic carbocycles. The fourth-order valence-corrected chi connectivity index (χ4v) is 2.79. The lowest BCUT2D eigenvalue weighted by Gasteiger charge is -2.26. The fourth-order valence-electron chi connectivity index (χ4n) is 2.79. The Hall–Kier alpha value is -3.35. The third-order valence-electron chi connectivity index (χ3n) is 4.38. The number of amides is 1. The van der Waals surface area contributed by atoms with Crippen molar-refractivity contribution >= 4 is 17.3 Å². The molecule has 3 aromatic rings. The standard InChI is InChI=1S/C22H20F3N3O/c1-14(2)28(13-15-6-4-3-5-7-15)22(29)19-10-8-16(12-26-19)27-18-11-9-17(23)20(24)21(18)25/h3-12,14,27H,13H2,1-2H3. The van der Waals surface area contributed by atoms with Crippen LogP contribution in [0.3, 0.4) is 0 Å². The first-order chi connectivity index (χ1) is 13.9. The molecular formula is C22H20F3N3O. The second kappa shape index (κ2) is 8.77. The van der Waals surface area contributed by atoms with Gasteiger partial charge in [-0.3, -0.25) is 4.79 Å². The Morgan fingerprint density at radius 2 is 1.72 bits per heavy atom. The molecule has 1 heterocycles. The quantitative estimate of drug-likeness (QED) is 0.573. The topological polar surface area (TPSA) is 45.2 Å². The van der Waals surface area contributed by atoms with E-state index in [2.05, 4.69) is 10.3 Å². The van der Waals surface area contributed by atoms with Gasteiger partial charge in [0, 0.05) is 12.6 Å². The summed E-state index contributed by atoms with van der Waals surface area (Å²) in [7, 11) is 0. The predicted octanol–water partition coefficient (Wildman–Crippen LogP) is 5.29. The van der Waals surface area contributed by atoms with E-state index in [0.29, 0.717) is 12.2 Å². The molecule has 0 spiro atoms. The molecule has 0 aliphatic heterocycles. The Bertz CT molecular complexity index is 992. The fraction of sp³-hybridized carbons (Fsp3) is 0.182. The molecule has 0 aliphatic rings. The van der Waals surface area contributed by atoms with Crippen LogP contribution >= 0.6 is 0 Å². The summed E-state index contributed by atoms with van der Waals surface area (Å²) in [6, 6.07) is 14.5. The number of benzene rings is 2. The van der Waals surface area contributed by atoms with Crippen LogP contribution in [0.25, 0.3) is 0 Å². The van der Waals surface area contributed by atoms with Crippen LogP contribution in [0.5, 0.6) is 0 Å². The van der Waals surface area contributed by atoms with Crippen molar-refractivity contribution in [3.63, 3.8) is 0 Å². The average Bonchev–Trinajstić information content (AvgIpc) is 2.73. The number of carbonyl (C=O) groups is 1. The third kappa shape index (κ3) is 4.74. The van der Waals surface area contributed by atoms with Gasteiger partial charge in [0.2, 0.25) is 0 Å². The molecule has 0 fully saturated rings. The van der Waals surface area contributed by atoms with E-state index in [1.165, 1.54) is 18.3 Å². The Balaban J connectivity index is 1.76. The summed E-state index contributed by atoms with van der Waals surface area (Å²) in [5.41, 5.74) is 1.34. The van der Waals surface area contributed by atoms with Gasteiger partial charge < -0.3 is 10.2 Å². The van der Waals surface area contributed by atoms with E-state index in [4.69, 9.17) is 0 Å². The van der Waals surface area contributed by atoms with Gasteiger partial charge in [-0.05, 0) is 43.7 Å². The van der Waals surface area contributed by atoms with Gasteiger partial charge in [0.1, 0.15) is 5.69 Å². The van der Waals surface area contributed by atoms with Crippen molar-refractivity contribution in [3.05, 3.63) is 89.5 Å². The lowest BCUT2D eigenvalue weighted by Crippen LogP contribution is -2.36. The van der Waals surface area contributed by atoms with Gasteiger partial charge in [-0.1, -0.05) is 30.3 Å². The van der Waals surface area contributed by atoms with Crippen LogP contribution in [0.4, 0.5) is 24.5 Å². The Morgan fingerprint density at radius 3 is 2.34 bits per heavy atom. The number of nitrogens with one attached hydrogen (secondary N) is 1. The molecule has 1 amide bonds. The maximum absolute atomic E-state index is 13.8. The summed E-state index contributed by atoms with van der Waals surface area (Å²) in [4.78, 5) is 18.7. The first kappa shape index (κ1) is 20.4. The molecule has 1 N–H and O–H groups in total. The van der Waals surface area contributed by atoms with Crippen molar-refractivity contribution in [2.24, 2.45) is 0 Å². The maximum Gasteiger partial charge on any atom is 0.272 e. The molecule has 0 atom stereocenters. The summed E-state index contributed by atoms with van der Waals surface area (Å²) in [6.07, 6.45) is 1.34. The molecule has 29 heavy (non-hydrogen) atoms. The zero-order valence-electron chi connectivity index (χ0n) is 16.0. The van der Waals surface area contributed by atoms with Crippen molar-refractivity contribution in [1.82, 2.24) is 9.88 Å². The highest BCUT2D eigenvalue weighted by Gasteiger charge is 2.20. The van der Waals surface area contributed by atoms with Crippen molar-refractivity contribution in [1.29, 1.82) is 0 Å². The molecule has 7 heteroatoms. The van der Waals surface area contributed by atoms with E-state index in [1.807, 2.05) is 44.2 Å². The van der Waals surface area contributed by atoms with E-state index in [1.54, 1.807) is 4.90 Å². The normalized spacial score (nSPS) is 10.8. The number of aromatic nitrogens is 1. The van der Waals surface area contributed by atoms with Crippen molar-refractivity contribution in [2.45, 2.75) is 26.4 Å². The minimum absolute atomic E-state index is 0.0430. The molecule has 0 aliphatic carbocycles. The zero-order valence-corrected chi connectivity index (χ0v) is 16.0. The molecule has 150 valence electrons. The summed E-state index contributed by atoms with van der Waals surface area (Å²) in [5, 5.41) is 2.63. The van der Waals surface area contributed by atoms with Gasteiger partial charge in [-0.2, -0.15) is 0 Å². The molecule has 4 nitrogen and oxygen atoms in total. The number of nitrogens with zero attached hydrogens (tertiary/aromatic N) is 2. The Labute approximate surface area is 167 Å². The highest BCUT2D eigenvalue weighted by molar-refractivity contribution is 5.92. The van der Waals surface area contributed by atoms with Gasteiger partial charge in [0.25, 0.3) is 5.91 Å². The maximum atomic E-state index is 13.8. The first-order valence-corrected chi connectivity index (χ1v) is 9.08. The second-order valence-corrected chi connectivity index (χ2v) is 6.79. The van der Waals surface area contributed by atoms with Crippen LogP contribution < -0.4 is 5.32 Å². The minimum atomic E-state index is -1.55. The molecular weight excluding hydrogens is 379 g/mol. The SMILES string of the molecule is CC(C)N(Cc1ccccc1)C(=O)c1ccc(Nc2ccc(F)c(F)c2F)cn1. The Morgan fingerprint density at radius 1 is 1.00 bits per heavy atom. The van der Waals surface area contributed by atoms with Crippen LogP contribution in [0, 0.1) is 17.5 Å². The molecule has 0 unspecified atom stereocenters. The smallest absolute Gasteiger partial charge is 0.272 e. The van der Waals surface area contributed by atoms with Crippen molar-refractivity contribution < 1.29 is 18.0 Å². The molecule has 3 rings (SSSR count). The van der Waals surface area contributed by atoms with Gasteiger partial charge in [-0.25, -0.2) is 18.2 Å². The highest BCUT2D eigenvalue weighted by Crippen LogP contribution is 2.23. The van der Waals surface area contributed by atoms with Gasteiger partial charge in [-0.15, -0.1) is 0 Å². The monoisotopic (exact) mass is 399 g/mol. The number of halogens is 3. The van der Waals surface area contributed by atoms with Crippen LogP contribution in [0.2, 0.25) is 0 Å². The van der Waals surface area contributed by atoms with Crippen LogP contribution in [0.1, 0.15) is 29.9 Å². The summed E-state index contributed by atoms with van der Waals surface area (Å²) < 4.78 is 40.2. The summed E-state index contributed by atoms with van der Waals surface area (Å²) in [6.45, 7) is 4.28. The van der Waals surface area contributed by atoms with Gasteiger partial charge in [0.15, 0.2) is 17.5 Å². The number of carbonyl (C=O) groups excluding carboxylic acids is 1. The minimum Gasteiger partial charge on any atom is -0.352 e. The van der Waals surface area contributed by atoms with E-state index in [0.717, 1.165) is 17.7 Å². The van der Waals surface area contributed by atoms with E-state index in [9.17, 15) is 18.0 Å². The predicted molar refractivity (Wildman–Crippen MR) is 105 cm³/mol. The number of hydrogen-bond donors (Lipinski definition) is 1. The highest BCUT2D eigenvalue weighted by atomic mass is 19.2. The molecule has 0 bridgehead atoms. The number of hydrogen-bond acceptors (Lipinski definition) is 3. The zero-order chi connectivity index (χ0) is 21.0. The van der Waals surface area contributed by atoms with Gasteiger partial charge in [0.05, 0.1) is 17.6 Å². The van der Waals surface area contributed by atoms with Gasteiger partial charge >= 0.3 is 0 Å². The van der Waals surface area contributed by atoms with E-state index < -0.39 is 17.5 Å². The summed E-state index contributed by atoms with van der Waals surface area (Å²) >= 11 is 0. The third-order valence-corrected chi connectivity index (χ3v) is 4.38. The first-order valence-electron chi connectivity index (χ1n) is 9.08. The average molecular weight is 399 g/mol. The largest absolute Gasteiger partial charge is 0.352 e. The lowest BCUT2D eigenvalue weighted by molar-refractivity contribution is 0.0684. The van der Waals surface area contributed by atoms with Crippen LogP contribution in [-0.2, 0) is 6.54 Å². The lowest BCUT2D eigenvalue weighted by atomic mass is 10.1. The van der Waals surface area contributed by atoms with Crippen LogP contribution in [-0.4, -0.2) is 21.8 Å². The van der Waals surface area contributed by atoms with Crippen LogP contribution in [0.15, 0.2) is 60.8 Å². The summed E-state index contributed by atoms with van der Waals surface area (Å²) in [5.74, 6) is -4.38. The number of rotatable bonds is 6. The number of anilines is 2. The van der Waals surface area contributed by atoms with E-state index in [-0.39, 0.29) is 23.3 Å². The molecule has 1 aromatic heterocycles. The number of pyridine rings is 1. The van der Waals surface area contributed by atoms with Crippen molar-refractivity contribution in [2.75, 3.05) is 5.32 Å². The Kier molecular flexibility index (Phi) is 6.16. The molecule has 0 saturated heterocycles.